The van der Waals surface area contributed by atoms with Gasteiger partial charge in [0.2, 0.25) is 11.8 Å². The zero-order chi connectivity index (χ0) is 19.1. The van der Waals surface area contributed by atoms with Gasteiger partial charge in [0.25, 0.3) is 0 Å². The second-order valence-corrected chi connectivity index (χ2v) is 6.53. The maximum atomic E-state index is 12.4. The van der Waals surface area contributed by atoms with Gasteiger partial charge in [-0.15, -0.1) is 0 Å². The summed E-state index contributed by atoms with van der Waals surface area (Å²) in [4.78, 5) is 25.5. The van der Waals surface area contributed by atoms with E-state index in [1.807, 2.05) is 31.2 Å². The van der Waals surface area contributed by atoms with Gasteiger partial charge in [0.05, 0.1) is 6.54 Å². The van der Waals surface area contributed by atoms with Crippen LogP contribution in [0, 0.1) is 0 Å². The van der Waals surface area contributed by atoms with Crippen LogP contribution in [0.4, 0.5) is 11.4 Å². The molecule has 2 rings (SSSR count). The van der Waals surface area contributed by atoms with Gasteiger partial charge in [-0.25, -0.2) is 0 Å². The van der Waals surface area contributed by atoms with Crippen molar-refractivity contribution in [3.63, 3.8) is 0 Å². The van der Waals surface area contributed by atoms with E-state index in [2.05, 4.69) is 22.5 Å². The Morgan fingerprint density at radius 2 is 1.54 bits per heavy atom. The average Bonchev–Trinajstić information content (AvgIpc) is 2.61. The molecule has 0 bridgehead atoms. The van der Waals surface area contributed by atoms with Crippen molar-refractivity contribution < 1.29 is 9.59 Å². The first-order valence-electron chi connectivity index (χ1n) is 8.56. The first kappa shape index (κ1) is 19.9. The molecule has 6 heteroatoms. The van der Waals surface area contributed by atoms with Crippen molar-refractivity contribution in [1.82, 2.24) is 4.90 Å². The maximum Gasteiger partial charge on any atom is 0.238 e. The molecular weight excluding hydrogens is 350 g/mol. The third-order valence-corrected chi connectivity index (χ3v) is 4.39. The van der Waals surface area contributed by atoms with Crippen LogP contribution in [0.5, 0.6) is 0 Å². The fraction of sp³-hybridized carbons (Fsp3) is 0.300. The number of carbonyl (C=O) groups is 2. The topological polar surface area (TPSA) is 61.4 Å². The molecule has 0 heterocycles. The summed E-state index contributed by atoms with van der Waals surface area (Å²) in [6, 6.07) is 14.8. The number of amides is 2. The molecule has 2 aromatic carbocycles. The van der Waals surface area contributed by atoms with Crippen molar-refractivity contribution >= 4 is 34.8 Å². The third kappa shape index (κ3) is 5.86. The van der Waals surface area contributed by atoms with Crippen LogP contribution in [0.25, 0.3) is 0 Å². The van der Waals surface area contributed by atoms with Crippen LogP contribution in [0.3, 0.4) is 0 Å². The highest BCUT2D eigenvalue weighted by molar-refractivity contribution is 6.30. The number of benzene rings is 2. The highest BCUT2D eigenvalue weighted by atomic mass is 35.5. The lowest BCUT2D eigenvalue weighted by atomic mass is 10.1. The Hall–Kier alpha value is -2.37. The van der Waals surface area contributed by atoms with Gasteiger partial charge in [-0.2, -0.15) is 0 Å². The molecule has 0 saturated carbocycles. The van der Waals surface area contributed by atoms with Gasteiger partial charge in [0, 0.05) is 29.4 Å². The summed E-state index contributed by atoms with van der Waals surface area (Å²) in [5.41, 5.74) is 2.50. The van der Waals surface area contributed by atoms with E-state index in [1.165, 1.54) is 6.92 Å². The van der Waals surface area contributed by atoms with Gasteiger partial charge < -0.3 is 10.6 Å². The number of halogens is 1. The number of nitrogens with one attached hydrogen (secondary N) is 2. The molecule has 0 aliphatic heterocycles. The number of carbonyl (C=O) groups excluding carboxylic acids is 2. The van der Waals surface area contributed by atoms with E-state index in [4.69, 9.17) is 11.6 Å². The second-order valence-electron chi connectivity index (χ2n) is 6.10. The summed E-state index contributed by atoms with van der Waals surface area (Å²) in [7, 11) is 0. The molecule has 0 fully saturated rings. The van der Waals surface area contributed by atoms with Crippen molar-refractivity contribution in [3.05, 3.63) is 59.1 Å². The molecule has 1 unspecified atom stereocenters. The highest BCUT2D eigenvalue weighted by Crippen LogP contribution is 2.22. The predicted molar refractivity (Wildman–Crippen MR) is 106 cm³/mol. The Morgan fingerprint density at radius 3 is 2.04 bits per heavy atom. The maximum absolute atomic E-state index is 12.4. The molecule has 5 nitrogen and oxygen atoms in total. The Labute approximate surface area is 159 Å². The summed E-state index contributed by atoms with van der Waals surface area (Å²) in [5, 5.41) is 6.28. The fourth-order valence-corrected chi connectivity index (χ4v) is 2.83. The number of nitrogens with zero attached hydrogens (tertiary/aromatic N) is 1. The first-order chi connectivity index (χ1) is 12.4. The van der Waals surface area contributed by atoms with E-state index in [1.54, 1.807) is 24.3 Å². The zero-order valence-corrected chi connectivity index (χ0v) is 16.0. The van der Waals surface area contributed by atoms with Crippen molar-refractivity contribution in [1.29, 1.82) is 0 Å². The number of hydrogen-bond acceptors (Lipinski definition) is 3. The molecule has 0 aromatic heterocycles. The molecular formula is C20H24ClN3O2. The smallest absolute Gasteiger partial charge is 0.238 e. The quantitative estimate of drug-likeness (QED) is 0.759. The largest absolute Gasteiger partial charge is 0.326 e. The molecule has 0 aliphatic carbocycles. The normalized spacial score (nSPS) is 11.9. The SMILES string of the molecule is CCN(CC(=O)Nc1ccc(NC(C)=O)cc1)C(C)c1ccc(Cl)cc1. The van der Waals surface area contributed by atoms with Crippen LogP contribution in [-0.2, 0) is 9.59 Å². The van der Waals surface area contributed by atoms with Crippen LogP contribution in [0.15, 0.2) is 48.5 Å². The van der Waals surface area contributed by atoms with E-state index in [0.29, 0.717) is 16.4 Å². The number of anilines is 2. The van der Waals surface area contributed by atoms with Crippen LogP contribution in [0.2, 0.25) is 5.02 Å². The van der Waals surface area contributed by atoms with E-state index >= 15 is 0 Å². The Kier molecular flexibility index (Phi) is 7.18. The fourth-order valence-electron chi connectivity index (χ4n) is 2.70. The van der Waals surface area contributed by atoms with Crippen LogP contribution >= 0.6 is 11.6 Å². The summed E-state index contributed by atoms with van der Waals surface area (Å²) >= 11 is 5.94. The van der Waals surface area contributed by atoms with Gasteiger partial charge in [-0.05, 0) is 55.4 Å². The van der Waals surface area contributed by atoms with Gasteiger partial charge in [0.1, 0.15) is 0 Å². The Balaban J connectivity index is 1.96. The molecule has 0 spiro atoms. The molecule has 0 radical (unpaired) electrons. The first-order valence-corrected chi connectivity index (χ1v) is 8.94. The van der Waals surface area contributed by atoms with Gasteiger partial charge in [0.15, 0.2) is 0 Å². The average molecular weight is 374 g/mol. The Bertz CT molecular complexity index is 745. The van der Waals surface area contributed by atoms with Crippen molar-refractivity contribution in [2.75, 3.05) is 23.7 Å². The predicted octanol–water partition coefficient (Wildman–Crippen LogP) is 4.32. The molecule has 0 saturated heterocycles. The van der Waals surface area contributed by atoms with Crippen molar-refractivity contribution in [2.24, 2.45) is 0 Å². The number of rotatable bonds is 7. The molecule has 26 heavy (non-hydrogen) atoms. The van der Waals surface area contributed by atoms with Crippen LogP contribution < -0.4 is 10.6 Å². The van der Waals surface area contributed by atoms with Crippen LogP contribution in [-0.4, -0.2) is 29.8 Å². The Morgan fingerprint density at radius 1 is 1.00 bits per heavy atom. The molecule has 0 aliphatic rings. The summed E-state index contributed by atoms with van der Waals surface area (Å²) < 4.78 is 0. The summed E-state index contributed by atoms with van der Waals surface area (Å²) in [5.74, 6) is -0.212. The lowest BCUT2D eigenvalue weighted by Crippen LogP contribution is -2.35. The second kappa shape index (κ2) is 9.36. The van der Waals surface area contributed by atoms with Crippen LogP contribution in [0.1, 0.15) is 32.4 Å². The van der Waals surface area contributed by atoms with E-state index < -0.39 is 0 Å². The minimum absolute atomic E-state index is 0.0834. The molecule has 2 aromatic rings. The lowest BCUT2D eigenvalue weighted by molar-refractivity contribution is -0.118. The lowest BCUT2D eigenvalue weighted by Gasteiger charge is -2.27. The van der Waals surface area contributed by atoms with Crippen molar-refractivity contribution in [3.8, 4) is 0 Å². The van der Waals surface area contributed by atoms with Gasteiger partial charge in [-0.1, -0.05) is 30.7 Å². The van der Waals surface area contributed by atoms with E-state index in [9.17, 15) is 9.59 Å². The van der Waals surface area contributed by atoms with Gasteiger partial charge >= 0.3 is 0 Å². The number of hydrogen-bond donors (Lipinski definition) is 2. The molecule has 2 N–H and O–H groups in total. The molecule has 1 atom stereocenters. The number of likely N-dealkylation sites (N-methyl/N-ethyl adjacent to an activating group) is 1. The van der Waals surface area contributed by atoms with Gasteiger partial charge in [-0.3, -0.25) is 14.5 Å². The summed E-state index contributed by atoms with van der Waals surface area (Å²) in [6.07, 6.45) is 0. The highest BCUT2D eigenvalue weighted by Gasteiger charge is 2.17. The standard InChI is InChI=1S/C20H24ClN3O2/c1-4-24(14(2)16-5-7-17(21)8-6-16)13-20(26)23-19-11-9-18(10-12-19)22-15(3)25/h5-12,14H,4,13H2,1-3H3,(H,22,25)(H,23,26). The summed E-state index contributed by atoms with van der Waals surface area (Å²) in [6.45, 7) is 6.59. The molecule has 138 valence electrons. The minimum Gasteiger partial charge on any atom is -0.326 e. The third-order valence-electron chi connectivity index (χ3n) is 4.14. The van der Waals surface area contributed by atoms with Crippen molar-refractivity contribution in [2.45, 2.75) is 26.8 Å². The minimum atomic E-state index is -0.128. The van der Waals surface area contributed by atoms with E-state index in [0.717, 1.165) is 12.1 Å². The monoisotopic (exact) mass is 373 g/mol. The van der Waals surface area contributed by atoms with E-state index in [-0.39, 0.29) is 24.4 Å². The zero-order valence-electron chi connectivity index (χ0n) is 15.3. The molecule has 2 amide bonds.